The summed E-state index contributed by atoms with van der Waals surface area (Å²) in [5.74, 6) is 2.00. The average molecular weight is 397 g/mol. The zero-order valence-corrected chi connectivity index (χ0v) is 16.6. The van der Waals surface area contributed by atoms with E-state index in [-0.39, 0.29) is 0 Å². The number of para-hydroxylation sites is 1. The van der Waals surface area contributed by atoms with E-state index < -0.39 is 0 Å². The predicted octanol–water partition coefficient (Wildman–Crippen LogP) is 4.61. The summed E-state index contributed by atoms with van der Waals surface area (Å²) >= 11 is 0. The lowest BCUT2D eigenvalue weighted by Crippen LogP contribution is -2.16. The van der Waals surface area contributed by atoms with Gasteiger partial charge in [-0.25, -0.2) is 4.99 Å². The van der Waals surface area contributed by atoms with Crippen LogP contribution in [0, 0.1) is 11.3 Å². The second-order valence-corrected chi connectivity index (χ2v) is 7.16. The van der Waals surface area contributed by atoms with Crippen LogP contribution in [0.25, 0.3) is 0 Å². The van der Waals surface area contributed by atoms with Gasteiger partial charge in [-0.1, -0.05) is 24.3 Å². The minimum absolute atomic E-state index is 0.366. The molecular weight excluding hydrogens is 374 g/mol. The quantitative estimate of drug-likeness (QED) is 0.381. The van der Waals surface area contributed by atoms with Crippen LogP contribution in [-0.2, 0) is 6.42 Å². The van der Waals surface area contributed by atoms with Gasteiger partial charge in [0.2, 0.25) is 0 Å². The molecule has 1 aliphatic rings. The summed E-state index contributed by atoms with van der Waals surface area (Å²) in [4.78, 5) is 8.85. The maximum absolute atomic E-state index is 8.79. The molecule has 0 unspecified atom stereocenters. The van der Waals surface area contributed by atoms with Crippen LogP contribution < -0.4 is 10.6 Å². The average Bonchev–Trinajstić information content (AvgIpc) is 3.53. The summed E-state index contributed by atoms with van der Waals surface area (Å²) in [5.41, 5.74) is 4.69. The zero-order valence-electron chi connectivity index (χ0n) is 16.6. The van der Waals surface area contributed by atoms with Gasteiger partial charge in [0.1, 0.15) is 12.5 Å². The number of hydrogen-bond donors (Lipinski definition) is 3. The number of nitrogens with zero attached hydrogens (tertiary/aromatic N) is 4. The molecule has 0 aliphatic heterocycles. The van der Waals surface area contributed by atoms with Gasteiger partial charge in [-0.2, -0.15) is 10.4 Å². The van der Waals surface area contributed by atoms with Gasteiger partial charge in [-0.05, 0) is 49.4 Å². The molecule has 0 radical (unpaired) electrons. The Morgan fingerprint density at radius 3 is 2.73 bits per heavy atom. The van der Waals surface area contributed by atoms with E-state index in [4.69, 9.17) is 10.3 Å². The normalized spacial score (nSPS) is 13.5. The first-order valence-corrected chi connectivity index (χ1v) is 9.89. The number of aliphatic imine (C=N–C) groups is 2. The predicted molar refractivity (Wildman–Crippen MR) is 121 cm³/mol. The molecule has 0 saturated heterocycles. The first-order chi connectivity index (χ1) is 14.8. The Bertz CT molecular complexity index is 1090. The molecule has 150 valence electrons. The number of hydrogen-bond acceptors (Lipinski definition) is 5. The number of nitriles is 1. The Balaban J connectivity index is 1.52. The molecule has 7 nitrogen and oxygen atoms in total. The number of amidine groups is 1. The summed E-state index contributed by atoms with van der Waals surface area (Å²) in [6, 6.07) is 19.7. The molecule has 2 aromatic carbocycles. The number of anilines is 2. The first kappa shape index (κ1) is 19.4. The molecule has 1 aliphatic carbocycles. The summed E-state index contributed by atoms with van der Waals surface area (Å²) in [6.45, 7) is 4.04. The number of benzene rings is 2. The summed E-state index contributed by atoms with van der Waals surface area (Å²) in [6.07, 6.45) is 2.83. The second kappa shape index (κ2) is 9.05. The van der Waals surface area contributed by atoms with Gasteiger partial charge in [-0.15, -0.1) is 0 Å². The third-order valence-electron chi connectivity index (χ3n) is 4.95. The molecule has 0 bridgehead atoms. The Morgan fingerprint density at radius 1 is 1.20 bits per heavy atom. The van der Waals surface area contributed by atoms with Crippen molar-refractivity contribution in [2.75, 3.05) is 17.3 Å². The number of nitrogens with one attached hydrogen (secondary N) is 3. The fourth-order valence-corrected chi connectivity index (χ4v) is 3.17. The van der Waals surface area contributed by atoms with Crippen LogP contribution in [0.5, 0.6) is 0 Å². The van der Waals surface area contributed by atoms with E-state index in [1.807, 2.05) is 54.6 Å². The highest BCUT2D eigenvalue weighted by Gasteiger charge is 2.25. The van der Waals surface area contributed by atoms with Crippen molar-refractivity contribution in [3.63, 3.8) is 0 Å². The van der Waals surface area contributed by atoms with E-state index in [1.165, 1.54) is 12.8 Å². The van der Waals surface area contributed by atoms with Gasteiger partial charge in [0, 0.05) is 28.9 Å². The van der Waals surface area contributed by atoms with E-state index in [2.05, 4.69) is 38.6 Å². The van der Waals surface area contributed by atoms with E-state index >= 15 is 0 Å². The third kappa shape index (κ3) is 4.73. The van der Waals surface area contributed by atoms with Gasteiger partial charge in [0.05, 0.1) is 18.2 Å². The topological polar surface area (TPSA) is 101 Å². The van der Waals surface area contributed by atoms with Crippen LogP contribution in [-0.4, -0.2) is 29.4 Å². The monoisotopic (exact) mass is 397 g/mol. The maximum Gasteiger partial charge on any atom is 0.153 e. The lowest BCUT2D eigenvalue weighted by molar-refractivity contribution is 0.967. The summed E-state index contributed by atoms with van der Waals surface area (Å²) in [5, 5.41) is 22.9. The van der Waals surface area contributed by atoms with Gasteiger partial charge in [0.15, 0.2) is 5.82 Å². The van der Waals surface area contributed by atoms with Gasteiger partial charge < -0.3 is 10.6 Å². The van der Waals surface area contributed by atoms with Crippen molar-refractivity contribution in [1.29, 1.82) is 5.26 Å². The zero-order chi connectivity index (χ0) is 20.8. The minimum atomic E-state index is 0.366. The van der Waals surface area contributed by atoms with Gasteiger partial charge in [-0.3, -0.25) is 10.1 Å². The Labute approximate surface area is 175 Å². The number of rotatable bonds is 8. The molecular formula is C23H23N7. The van der Waals surface area contributed by atoms with Crippen molar-refractivity contribution in [3.8, 4) is 6.07 Å². The molecule has 0 atom stereocenters. The van der Waals surface area contributed by atoms with Crippen LogP contribution in [0.3, 0.4) is 0 Å². The summed E-state index contributed by atoms with van der Waals surface area (Å²) in [7, 11) is 0. The van der Waals surface area contributed by atoms with Gasteiger partial charge >= 0.3 is 0 Å². The van der Waals surface area contributed by atoms with E-state index in [0.29, 0.717) is 24.8 Å². The fraction of sp³-hybridized carbons (Fsp3) is 0.217. The Morgan fingerprint density at radius 2 is 2.00 bits per heavy atom. The highest BCUT2D eigenvalue weighted by molar-refractivity contribution is 6.11. The molecule has 0 spiro atoms. The van der Waals surface area contributed by atoms with Crippen LogP contribution in [0.2, 0.25) is 0 Å². The number of aromatic nitrogens is 2. The smallest absolute Gasteiger partial charge is 0.153 e. The first-order valence-electron chi connectivity index (χ1n) is 9.89. The van der Waals surface area contributed by atoms with Crippen LogP contribution in [0.1, 0.15) is 35.6 Å². The van der Waals surface area contributed by atoms with Crippen molar-refractivity contribution >= 4 is 29.7 Å². The molecule has 4 rings (SSSR count). The van der Waals surface area contributed by atoms with Crippen LogP contribution in [0.15, 0.2) is 64.6 Å². The minimum Gasteiger partial charge on any atom is -0.366 e. The highest BCUT2D eigenvalue weighted by Crippen LogP contribution is 2.39. The fourth-order valence-electron chi connectivity index (χ4n) is 3.17. The lowest BCUT2D eigenvalue weighted by atomic mass is 10.1. The molecule has 1 aromatic heterocycles. The highest BCUT2D eigenvalue weighted by atomic mass is 15.2. The Kier molecular flexibility index (Phi) is 5.85. The van der Waals surface area contributed by atoms with Crippen molar-refractivity contribution < 1.29 is 0 Å². The lowest BCUT2D eigenvalue weighted by Gasteiger charge is -2.11. The number of aromatic amines is 1. The third-order valence-corrected chi connectivity index (χ3v) is 4.95. The van der Waals surface area contributed by atoms with Gasteiger partial charge in [0.25, 0.3) is 0 Å². The SMILES string of the molecule is C=Nc1ccccc1/C(=N\CNc1ccc(CC#N)cc1)Nc1cc(C2CC2)[nH]n1. The molecule has 3 aromatic rings. The standard InChI is InChI=1S/C23H23N7/c1-25-20-5-3-2-4-19(20)23(28-22-14-21(29-30-22)17-8-9-17)27-15-26-18-10-6-16(7-11-18)12-13-24/h2-7,10-11,14,17,26H,1,8-9,12,15H2,(H2,27,28,29,30). The molecule has 7 heteroatoms. The summed E-state index contributed by atoms with van der Waals surface area (Å²) < 4.78 is 0. The van der Waals surface area contributed by atoms with Crippen LogP contribution >= 0.6 is 0 Å². The maximum atomic E-state index is 8.79. The van der Waals surface area contributed by atoms with E-state index in [0.717, 1.165) is 34.0 Å². The molecule has 1 saturated carbocycles. The molecule has 1 heterocycles. The molecule has 3 N–H and O–H groups in total. The van der Waals surface area contributed by atoms with Crippen molar-refractivity contribution in [1.82, 2.24) is 10.2 Å². The number of H-pyrrole nitrogens is 1. The molecule has 30 heavy (non-hydrogen) atoms. The largest absolute Gasteiger partial charge is 0.366 e. The molecule has 0 amide bonds. The van der Waals surface area contributed by atoms with Crippen LogP contribution in [0.4, 0.5) is 17.2 Å². The Hall–Kier alpha value is -3.92. The van der Waals surface area contributed by atoms with Crippen molar-refractivity contribution in [2.24, 2.45) is 9.98 Å². The van der Waals surface area contributed by atoms with E-state index in [9.17, 15) is 0 Å². The van der Waals surface area contributed by atoms with Crippen molar-refractivity contribution in [2.45, 2.75) is 25.2 Å². The van der Waals surface area contributed by atoms with Crippen molar-refractivity contribution in [3.05, 3.63) is 71.4 Å². The molecule has 1 fully saturated rings. The van der Waals surface area contributed by atoms with E-state index in [1.54, 1.807) is 0 Å². The second-order valence-electron chi connectivity index (χ2n) is 7.16.